The number of hydrogen-bond donors (Lipinski definition) is 1. The van der Waals surface area contributed by atoms with Gasteiger partial charge in [-0.15, -0.1) is 0 Å². The lowest BCUT2D eigenvalue weighted by Crippen LogP contribution is -2.51. The van der Waals surface area contributed by atoms with Crippen LogP contribution in [-0.4, -0.2) is 41.1 Å². The maximum Gasteiger partial charge on any atom is 0.273 e. The summed E-state index contributed by atoms with van der Waals surface area (Å²) in [7, 11) is 0. The SMILES string of the molecule is O=C(N[C@@H]1CCCN(C2CCCCC2)C1)c1cc(C2CC2)on1. The molecule has 5 nitrogen and oxygen atoms in total. The van der Waals surface area contributed by atoms with Crippen molar-refractivity contribution in [1.82, 2.24) is 15.4 Å². The van der Waals surface area contributed by atoms with Crippen LogP contribution in [0.15, 0.2) is 10.6 Å². The highest BCUT2D eigenvalue weighted by atomic mass is 16.5. The van der Waals surface area contributed by atoms with Gasteiger partial charge in [-0.1, -0.05) is 24.4 Å². The van der Waals surface area contributed by atoms with Gasteiger partial charge < -0.3 is 9.84 Å². The van der Waals surface area contributed by atoms with E-state index in [9.17, 15) is 4.79 Å². The molecule has 0 unspecified atom stereocenters. The number of piperidine rings is 1. The van der Waals surface area contributed by atoms with Gasteiger partial charge >= 0.3 is 0 Å². The number of carbonyl (C=O) groups excluding carboxylic acids is 1. The Labute approximate surface area is 137 Å². The predicted molar refractivity (Wildman–Crippen MR) is 87.4 cm³/mol. The number of aromatic nitrogens is 1. The van der Waals surface area contributed by atoms with Gasteiger partial charge in [-0.2, -0.15) is 0 Å². The standard InChI is InChI=1S/C18H27N3O2/c22-18(16-11-17(23-20-16)13-8-9-13)19-14-5-4-10-21(12-14)15-6-2-1-3-7-15/h11,13-15H,1-10,12H2,(H,19,22)/t14-/m1/s1. The second-order valence-corrected chi connectivity index (χ2v) is 7.49. The zero-order valence-electron chi connectivity index (χ0n) is 13.8. The Kier molecular flexibility index (Phi) is 4.38. The van der Waals surface area contributed by atoms with Crippen LogP contribution in [0.4, 0.5) is 0 Å². The maximum absolute atomic E-state index is 12.4. The zero-order chi connectivity index (χ0) is 15.6. The molecule has 1 amide bonds. The molecule has 3 aliphatic rings. The molecule has 1 aromatic heterocycles. The van der Waals surface area contributed by atoms with Crippen LogP contribution < -0.4 is 5.32 Å². The summed E-state index contributed by atoms with van der Waals surface area (Å²) in [5.41, 5.74) is 0.446. The van der Waals surface area contributed by atoms with E-state index in [4.69, 9.17) is 4.52 Å². The van der Waals surface area contributed by atoms with Crippen LogP contribution in [0.25, 0.3) is 0 Å². The van der Waals surface area contributed by atoms with Gasteiger partial charge in [-0.05, 0) is 45.1 Å². The summed E-state index contributed by atoms with van der Waals surface area (Å²) in [6.07, 6.45) is 11.3. The average Bonchev–Trinajstić information content (AvgIpc) is 3.33. The first-order valence-electron chi connectivity index (χ1n) is 9.31. The molecule has 126 valence electrons. The summed E-state index contributed by atoms with van der Waals surface area (Å²) < 4.78 is 5.29. The van der Waals surface area contributed by atoms with E-state index in [1.807, 2.05) is 6.07 Å². The molecule has 23 heavy (non-hydrogen) atoms. The van der Waals surface area contributed by atoms with Gasteiger partial charge in [0.2, 0.25) is 0 Å². The van der Waals surface area contributed by atoms with E-state index >= 15 is 0 Å². The third kappa shape index (κ3) is 3.60. The van der Waals surface area contributed by atoms with Gasteiger partial charge in [0.05, 0.1) is 0 Å². The summed E-state index contributed by atoms with van der Waals surface area (Å²) in [6.45, 7) is 2.18. The molecule has 0 bridgehead atoms. The quantitative estimate of drug-likeness (QED) is 0.927. The largest absolute Gasteiger partial charge is 0.360 e. The first-order chi connectivity index (χ1) is 11.3. The Hall–Kier alpha value is -1.36. The lowest BCUT2D eigenvalue weighted by molar-refractivity contribution is 0.0828. The predicted octanol–water partition coefficient (Wildman–Crippen LogP) is 3.08. The summed E-state index contributed by atoms with van der Waals surface area (Å²) in [4.78, 5) is 15.0. The number of hydrogen-bond acceptors (Lipinski definition) is 4. The van der Waals surface area contributed by atoms with Gasteiger partial charge in [-0.3, -0.25) is 9.69 Å². The Morgan fingerprint density at radius 1 is 1.13 bits per heavy atom. The Bertz CT molecular complexity index is 546. The second kappa shape index (κ2) is 6.63. The number of likely N-dealkylation sites (tertiary alicyclic amines) is 1. The molecule has 1 aromatic rings. The molecule has 2 saturated carbocycles. The molecular weight excluding hydrogens is 290 g/mol. The van der Waals surface area contributed by atoms with Crippen molar-refractivity contribution in [3.8, 4) is 0 Å². The van der Waals surface area contributed by atoms with Crippen molar-refractivity contribution in [3.63, 3.8) is 0 Å². The number of nitrogens with zero attached hydrogens (tertiary/aromatic N) is 2. The van der Waals surface area contributed by atoms with Crippen molar-refractivity contribution in [3.05, 3.63) is 17.5 Å². The molecule has 0 aromatic carbocycles. The molecule has 1 aliphatic heterocycles. The molecule has 1 saturated heterocycles. The number of carbonyl (C=O) groups is 1. The Morgan fingerprint density at radius 3 is 2.74 bits per heavy atom. The summed E-state index contributed by atoms with van der Waals surface area (Å²) in [6, 6.07) is 2.81. The third-order valence-electron chi connectivity index (χ3n) is 5.62. The van der Waals surface area contributed by atoms with E-state index in [0.29, 0.717) is 11.6 Å². The molecule has 3 fully saturated rings. The third-order valence-corrected chi connectivity index (χ3v) is 5.62. The summed E-state index contributed by atoms with van der Waals surface area (Å²) in [5, 5.41) is 7.12. The highest BCUT2D eigenvalue weighted by Gasteiger charge is 2.31. The van der Waals surface area contributed by atoms with Gasteiger partial charge in [0.1, 0.15) is 5.76 Å². The summed E-state index contributed by atoms with van der Waals surface area (Å²) >= 11 is 0. The highest BCUT2D eigenvalue weighted by Crippen LogP contribution is 2.40. The number of amides is 1. The molecule has 1 atom stereocenters. The van der Waals surface area contributed by atoms with Crippen LogP contribution in [0.3, 0.4) is 0 Å². The summed E-state index contributed by atoms with van der Waals surface area (Å²) in [5.74, 6) is 1.30. The van der Waals surface area contributed by atoms with Crippen LogP contribution in [0.1, 0.15) is 80.0 Å². The minimum absolute atomic E-state index is 0.0730. The van der Waals surface area contributed by atoms with Crippen LogP contribution in [0.5, 0.6) is 0 Å². The smallest absolute Gasteiger partial charge is 0.273 e. The maximum atomic E-state index is 12.4. The van der Waals surface area contributed by atoms with E-state index in [1.54, 1.807) is 0 Å². The minimum Gasteiger partial charge on any atom is -0.360 e. The lowest BCUT2D eigenvalue weighted by Gasteiger charge is -2.40. The first-order valence-corrected chi connectivity index (χ1v) is 9.31. The van der Waals surface area contributed by atoms with Crippen LogP contribution in [0, 0.1) is 0 Å². The molecule has 0 spiro atoms. The van der Waals surface area contributed by atoms with Gasteiger partial charge in [0.15, 0.2) is 5.69 Å². The van der Waals surface area contributed by atoms with Gasteiger partial charge in [0.25, 0.3) is 5.91 Å². The van der Waals surface area contributed by atoms with E-state index in [2.05, 4.69) is 15.4 Å². The van der Waals surface area contributed by atoms with E-state index in [0.717, 1.165) is 37.6 Å². The van der Waals surface area contributed by atoms with E-state index in [1.165, 1.54) is 45.1 Å². The van der Waals surface area contributed by atoms with Gasteiger partial charge in [0, 0.05) is 30.6 Å². The van der Waals surface area contributed by atoms with E-state index in [-0.39, 0.29) is 11.9 Å². The van der Waals surface area contributed by atoms with Crippen molar-refractivity contribution in [2.75, 3.05) is 13.1 Å². The second-order valence-electron chi connectivity index (χ2n) is 7.49. The van der Waals surface area contributed by atoms with E-state index < -0.39 is 0 Å². The molecule has 0 radical (unpaired) electrons. The normalized spacial score (nSPS) is 27.0. The monoisotopic (exact) mass is 317 g/mol. The minimum atomic E-state index is -0.0730. The average molecular weight is 317 g/mol. The number of nitrogens with one attached hydrogen (secondary N) is 1. The fraction of sp³-hybridized carbons (Fsp3) is 0.778. The van der Waals surface area contributed by atoms with Crippen molar-refractivity contribution in [1.29, 1.82) is 0 Å². The van der Waals surface area contributed by atoms with Crippen molar-refractivity contribution >= 4 is 5.91 Å². The first kappa shape index (κ1) is 15.2. The molecule has 2 heterocycles. The fourth-order valence-electron chi connectivity index (χ4n) is 4.12. The van der Waals surface area contributed by atoms with Gasteiger partial charge in [-0.25, -0.2) is 0 Å². The molecular formula is C18H27N3O2. The van der Waals surface area contributed by atoms with Crippen molar-refractivity contribution in [2.24, 2.45) is 0 Å². The highest BCUT2D eigenvalue weighted by molar-refractivity contribution is 5.92. The lowest BCUT2D eigenvalue weighted by atomic mass is 9.92. The van der Waals surface area contributed by atoms with Crippen molar-refractivity contribution < 1.29 is 9.32 Å². The Morgan fingerprint density at radius 2 is 1.96 bits per heavy atom. The van der Waals surface area contributed by atoms with Crippen LogP contribution in [-0.2, 0) is 0 Å². The zero-order valence-corrected chi connectivity index (χ0v) is 13.8. The number of rotatable bonds is 4. The Balaban J connectivity index is 1.32. The van der Waals surface area contributed by atoms with Crippen LogP contribution in [0.2, 0.25) is 0 Å². The molecule has 1 N–H and O–H groups in total. The topological polar surface area (TPSA) is 58.4 Å². The fourth-order valence-corrected chi connectivity index (χ4v) is 4.12. The molecule has 5 heteroatoms. The molecule has 4 rings (SSSR count). The van der Waals surface area contributed by atoms with Crippen molar-refractivity contribution in [2.45, 2.75) is 75.8 Å². The van der Waals surface area contributed by atoms with Crippen LogP contribution >= 0.6 is 0 Å². The molecule has 2 aliphatic carbocycles.